The lowest BCUT2D eigenvalue weighted by atomic mass is 9.82. The molecule has 1 aliphatic heterocycles. The minimum atomic E-state index is -0.00765. The van der Waals surface area contributed by atoms with Crippen LogP contribution in [-0.4, -0.2) is 18.5 Å². The van der Waals surface area contributed by atoms with Gasteiger partial charge >= 0.3 is 0 Å². The summed E-state index contributed by atoms with van der Waals surface area (Å²) in [5, 5.41) is 6.61. The second-order valence-electron chi connectivity index (χ2n) is 6.86. The predicted octanol–water partition coefficient (Wildman–Crippen LogP) is 2.89. The number of carbonyl (C=O) groups excluding carboxylic acids is 1. The molecule has 2 rings (SSSR count). The summed E-state index contributed by atoms with van der Waals surface area (Å²) in [5.41, 5.74) is 1.17. The lowest BCUT2D eigenvalue weighted by Crippen LogP contribution is -2.42. The molecule has 0 aliphatic carbocycles. The van der Waals surface area contributed by atoms with Crippen LogP contribution >= 0.6 is 0 Å². The number of carbonyl (C=O) groups is 1. The Hall–Kier alpha value is -1.35. The largest absolute Gasteiger partial charge is 0.348 e. The van der Waals surface area contributed by atoms with E-state index in [0.717, 1.165) is 13.0 Å². The normalized spacial score (nSPS) is 24.4. The van der Waals surface area contributed by atoms with Crippen molar-refractivity contribution < 1.29 is 4.79 Å². The minimum absolute atomic E-state index is 0.00765. The second-order valence-corrected chi connectivity index (χ2v) is 6.86. The molecule has 0 spiro atoms. The first-order chi connectivity index (χ1) is 9.39. The van der Waals surface area contributed by atoms with Gasteiger partial charge < -0.3 is 10.6 Å². The molecular formula is C17H26N2O. The molecule has 3 heteroatoms. The molecule has 1 amide bonds. The number of amides is 1. The molecule has 20 heavy (non-hydrogen) atoms. The van der Waals surface area contributed by atoms with Crippen molar-refractivity contribution >= 4 is 5.91 Å². The van der Waals surface area contributed by atoms with Crippen LogP contribution in [-0.2, 0) is 4.79 Å². The Balaban J connectivity index is 2.15. The third kappa shape index (κ3) is 3.40. The summed E-state index contributed by atoms with van der Waals surface area (Å²) >= 11 is 0. The minimum Gasteiger partial charge on any atom is -0.348 e. The van der Waals surface area contributed by atoms with Gasteiger partial charge in [0.05, 0.1) is 12.0 Å². The van der Waals surface area contributed by atoms with Crippen LogP contribution in [0.15, 0.2) is 30.3 Å². The highest BCUT2D eigenvalue weighted by Crippen LogP contribution is 2.33. The average molecular weight is 274 g/mol. The van der Waals surface area contributed by atoms with Gasteiger partial charge in [0.15, 0.2) is 0 Å². The first-order valence-electron chi connectivity index (χ1n) is 7.48. The molecule has 0 bridgehead atoms. The van der Waals surface area contributed by atoms with Crippen LogP contribution in [0.2, 0.25) is 0 Å². The van der Waals surface area contributed by atoms with Crippen molar-refractivity contribution in [3.05, 3.63) is 35.9 Å². The number of hydrogen-bond donors (Lipinski definition) is 2. The van der Waals surface area contributed by atoms with Crippen LogP contribution in [0.5, 0.6) is 0 Å². The summed E-state index contributed by atoms with van der Waals surface area (Å²) in [6, 6.07) is 10.6. The van der Waals surface area contributed by atoms with Crippen molar-refractivity contribution in [3.8, 4) is 0 Å². The summed E-state index contributed by atoms with van der Waals surface area (Å²) in [5.74, 6) is 0.259. The highest BCUT2D eigenvalue weighted by atomic mass is 16.2. The SMILES string of the molecule is CC1NCCC1C(=O)NC(c1ccccc1)C(C)(C)C. The summed E-state index contributed by atoms with van der Waals surface area (Å²) < 4.78 is 0. The topological polar surface area (TPSA) is 41.1 Å². The molecule has 0 aromatic heterocycles. The Morgan fingerprint density at radius 3 is 2.45 bits per heavy atom. The van der Waals surface area contributed by atoms with Gasteiger partial charge in [0.2, 0.25) is 5.91 Å². The van der Waals surface area contributed by atoms with E-state index in [0.29, 0.717) is 0 Å². The molecule has 1 fully saturated rings. The van der Waals surface area contributed by atoms with E-state index in [1.54, 1.807) is 0 Å². The number of nitrogens with one attached hydrogen (secondary N) is 2. The van der Waals surface area contributed by atoms with Crippen molar-refractivity contribution in [1.82, 2.24) is 10.6 Å². The number of benzene rings is 1. The molecule has 1 saturated heterocycles. The van der Waals surface area contributed by atoms with Gasteiger partial charge in [-0.3, -0.25) is 4.79 Å². The molecule has 0 saturated carbocycles. The molecule has 1 heterocycles. The fraction of sp³-hybridized carbons (Fsp3) is 0.588. The van der Waals surface area contributed by atoms with Crippen LogP contribution in [0.25, 0.3) is 0 Å². The van der Waals surface area contributed by atoms with E-state index in [1.165, 1.54) is 5.56 Å². The van der Waals surface area contributed by atoms with Crippen molar-refractivity contribution in [2.24, 2.45) is 11.3 Å². The van der Waals surface area contributed by atoms with Gasteiger partial charge in [-0.1, -0.05) is 51.1 Å². The van der Waals surface area contributed by atoms with Gasteiger partial charge in [-0.05, 0) is 30.9 Å². The van der Waals surface area contributed by atoms with Gasteiger partial charge in [-0.2, -0.15) is 0 Å². The van der Waals surface area contributed by atoms with Gasteiger partial charge in [0, 0.05) is 6.04 Å². The van der Waals surface area contributed by atoms with Crippen LogP contribution in [0, 0.1) is 11.3 Å². The van der Waals surface area contributed by atoms with Crippen molar-refractivity contribution in [3.63, 3.8) is 0 Å². The molecule has 110 valence electrons. The second kappa shape index (κ2) is 5.96. The van der Waals surface area contributed by atoms with Crippen LogP contribution in [0.3, 0.4) is 0 Å². The first-order valence-corrected chi connectivity index (χ1v) is 7.48. The number of rotatable bonds is 3. The van der Waals surface area contributed by atoms with E-state index in [1.807, 2.05) is 18.2 Å². The lowest BCUT2D eigenvalue weighted by Gasteiger charge is -2.33. The predicted molar refractivity (Wildman–Crippen MR) is 82.4 cm³/mol. The lowest BCUT2D eigenvalue weighted by molar-refractivity contribution is -0.126. The molecule has 1 aromatic carbocycles. The van der Waals surface area contributed by atoms with Crippen LogP contribution in [0.1, 0.15) is 45.7 Å². The maximum Gasteiger partial charge on any atom is 0.225 e. The molecule has 1 aromatic rings. The van der Waals surface area contributed by atoms with E-state index in [9.17, 15) is 4.79 Å². The van der Waals surface area contributed by atoms with Gasteiger partial charge in [-0.15, -0.1) is 0 Å². The third-order valence-corrected chi connectivity index (χ3v) is 4.15. The summed E-state index contributed by atoms with van der Waals surface area (Å²) in [6.45, 7) is 9.53. The van der Waals surface area contributed by atoms with Gasteiger partial charge in [-0.25, -0.2) is 0 Å². The van der Waals surface area contributed by atoms with E-state index < -0.39 is 0 Å². The third-order valence-electron chi connectivity index (χ3n) is 4.15. The molecule has 2 N–H and O–H groups in total. The van der Waals surface area contributed by atoms with E-state index in [4.69, 9.17) is 0 Å². The van der Waals surface area contributed by atoms with Crippen molar-refractivity contribution in [2.75, 3.05) is 6.54 Å². The Labute approximate surface area is 122 Å². The maximum atomic E-state index is 12.5. The quantitative estimate of drug-likeness (QED) is 0.890. The maximum absolute atomic E-state index is 12.5. The smallest absolute Gasteiger partial charge is 0.225 e. The van der Waals surface area contributed by atoms with E-state index >= 15 is 0 Å². The van der Waals surface area contributed by atoms with Crippen LogP contribution in [0.4, 0.5) is 0 Å². The van der Waals surface area contributed by atoms with E-state index in [-0.39, 0.29) is 29.3 Å². The molecular weight excluding hydrogens is 248 g/mol. The zero-order valence-corrected chi connectivity index (χ0v) is 12.9. The number of hydrogen-bond acceptors (Lipinski definition) is 2. The van der Waals surface area contributed by atoms with Gasteiger partial charge in [0.25, 0.3) is 0 Å². The fourth-order valence-corrected chi connectivity index (χ4v) is 2.91. The van der Waals surface area contributed by atoms with Crippen LogP contribution < -0.4 is 10.6 Å². The van der Waals surface area contributed by atoms with Crippen molar-refractivity contribution in [1.29, 1.82) is 0 Å². The Bertz CT molecular complexity index is 450. The first kappa shape index (κ1) is 15.0. The highest BCUT2D eigenvalue weighted by molar-refractivity contribution is 5.80. The average Bonchev–Trinajstić information content (AvgIpc) is 2.82. The molecule has 3 nitrogen and oxygen atoms in total. The Morgan fingerprint density at radius 1 is 1.30 bits per heavy atom. The molecule has 3 atom stereocenters. The monoisotopic (exact) mass is 274 g/mol. The summed E-state index contributed by atoms with van der Waals surface area (Å²) in [6.07, 6.45) is 0.929. The Morgan fingerprint density at radius 2 is 1.95 bits per heavy atom. The summed E-state index contributed by atoms with van der Waals surface area (Å²) in [7, 11) is 0. The molecule has 0 radical (unpaired) electrons. The summed E-state index contributed by atoms with van der Waals surface area (Å²) in [4.78, 5) is 12.5. The zero-order chi connectivity index (χ0) is 14.8. The highest BCUT2D eigenvalue weighted by Gasteiger charge is 2.34. The van der Waals surface area contributed by atoms with E-state index in [2.05, 4.69) is 50.5 Å². The fourth-order valence-electron chi connectivity index (χ4n) is 2.91. The molecule has 3 unspecified atom stereocenters. The standard InChI is InChI=1S/C17H26N2O/c1-12-14(10-11-18-12)16(20)19-15(17(2,3)4)13-8-6-5-7-9-13/h5-9,12,14-15,18H,10-11H2,1-4H3,(H,19,20). The molecule has 1 aliphatic rings. The van der Waals surface area contributed by atoms with Gasteiger partial charge in [0.1, 0.15) is 0 Å². The zero-order valence-electron chi connectivity index (χ0n) is 12.9. The van der Waals surface area contributed by atoms with Crippen molar-refractivity contribution in [2.45, 2.75) is 46.2 Å². The Kier molecular flexibility index (Phi) is 4.48.